The zero-order valence-corrected chi connectivity index (χ0v) is 12.2. The van der Waals surface area contributed by atoms with Gasteiger partial charge < -0.3 is 11.1 Å². The number of anilines is 1. The second-order valence-electron chi connectivity index (χ2n) is 5.06. The summed E-state index contributed by atoms with van der Waals surface area (Å²) in [6, 6.07) is 6.77. The Balaban J connectivity index is 2.91. The SMILES string of the molecule is CCS(=O)(=O)c1ccc(NC(C)(C)C(C)N)cc1. The van der Waals surface area contributed by atoms with Crippen LogP contribution in [-0.2, 0) is 9.84 Å². The van der Waals surface area contributed by atoms with Crippen LogP contribution in [0.2, 0.25) is 0 Å². The van der Waals surface area contributed by atoms with Crippen molar-refractivity contribution in [1.82, 2.24) is 0 Å². The molecule has 0 bridgehead atoms. The van der Waals surface area contributed by atoms with Gasteiger partial charge in [-0.05, 0) is 45.0 Å². The van der Waals surface area contributed by atoms with Gasteiger partial charge in [0.1, 0.15) is 0 Å². The molecule has 102 valence electrons. The summed E-state index contributed by atoms with van der Waals surface area (Å²) in [5.74, 6) is 0.116. The summed E-state index contributed by atoms with van der Waals surface area (Å²) in [5, 5.41) is 3.29. The van der Waals surface area contributed by atoms with Crippen LogP contribution in [-0.4, -0.2) is 25.8 Å². The lowest BCUT2D eigenvalue weighted by atomic mass is 9.96. The molecule has 0 aliphatic heterocycles. The Morgan fingerprint density at radius 2 is 1.78 bits per heavy atom. The van der Waals surface area contributed by atoms with E-state index in [0.717, 1.165) is 5.69 Å². The Kier molecular flexibility index (Phi) is 4.40. The van der Waals surface area contributed by atoms with Crippen LogP contribution in [0.1, 0.15) is 27.7 Å². The lowest BCUT2D eigenvalue weighted by Gasteiger charge is -2.31. The highest BCUT2D eigenvalue weighted by atomic mass is 32.2. The number of benzene rings is 1. The molecule has 0 saturated heterocycles. The minimum Gasteiger partial charge on any atom is -0.379 e. The van der Waals surface area contributed by atoms with Crippen LogP contribution in [0.3, 0.4) is 0 Å². The molecule has 0 aromatic heterocycles. The standard InChI is InChI=1S/C13H22N2O2S/c1-5-18(16,17)12-8-6-11(7-9-12)15-13(3,4)10(2)14/h6-10,15H,5,14H2,1-4H3. The van der Waals surface area contributed by atoms with Gasteiger partial charge in [0.15, 0.2) is 9.84 Å². The van der Waals surface area contributed by atoms with Crippen LogP contribution in [0.15, 0.2) is 29.2 Å². The molecule has 1 rings (SSSR count). The van der Waals surface area contributed by atoms with Gasteiger partial charge in [0.25, 0.3) is 0 Å². The van der Waals surface area contributed by atoms with E-state index in [1.807, 2.05) is 20.8 Å². The van der Waals surface area contributed by atoms with Crippen LogP contribution >= 0.6 is 0 Å². The predicted octanol–water partition coefficient (Wildman–Crippen LogP) is 2.02. The van der Waals surface area contributed by atoms with Gasteiger partial charge in [0.05, 0.1) is 10.6 Å². The highest BCUT2D eigenvalue weighted by Gasteiger charge is 2.22. The van der Waals surface area contributed by atoms with Crippen LogP contribution in [0.25, 0.3) is 0 Å². The van der Waals surface area contributed by atoms with Gasteiger partial charge in [-0.15, -0.1) is 0 Å². The molecule has 0 fully saturated rings. The molecule has 1 unspecified atom stereocenters. The summed E-state index contributed by atoms with van der Waals surface area (Å²) < 4.78 is 23.3. The second kappa shape index (κ2) is 5.28. The number of rotatable bonds is 5. The lowest BCUT2D eigenvalue weighted by molar-refractivity contribution is 0.471. The molecule has 1 aromatic carbocycles. The van der Waals surface area contributed by atoms with Crippen molar-refractivity contribution < 1.29 is 8.42 Å². The largest absolute Gasteiger partial charge is 0.379 e. The van der Waals surface area contributed by atoms with Crippen molar-refractivity contribution in [1.29, 1.82) is 0 Å². The minimum absolute atomic E-state index is 0.0171. The zero-order chi connectivity index (χ0) is 14.0. The molecule has 0 aliphatic rings. The van der Waals surface area contributed by atoms with Crippen molar-refractivity contribution in [2.24, 2.45) is 5.73 Å². The smallest absolute Gasteiger partial charge is 0.178 e. The van der Waals surface area contributed by atoms with E-state index < -0.39 is 9.84 Å². The van der Waals surface area contributed by atoms with Crippen molar-refractivity contribution in [3.05, 3.63) is 24.3 Å². The summed E-state index contributed by atoms with van der Waals surface area (Å²) in [5.41, 5.74) is 6.50. The van der Waals surface area contributed by atoms with Crippen LogP contribution in [0, 0.1) is 0 Å². The van der Waals surface area contributed by atoms with E-state index in [-0.39, 0.29) is 17.3 Å². The maximum atomic E-state index is 11.7. The molecule has 5 heteroatoms. The zero-order valence-electron chi connectivity index (χ0n) is 11.4. The Bertz CT molecular complexity index is 490. The molecule has 0 amide bonds. The summed E-state index contributed by atoms with van der Waals surface area (Å²) >= 11 is 0. The first kappa shape index (κ1) is 15.0. The van der Waals surface area contributed by atoms with Gasteiger partial charge >= 0.3 is 0 Å². The molecule has 1 atom stereocenters. The van der Waals surface area contributed by atoms with Gasteiger partial charge in [-0.3, -0.25) is 0 Å². The normalized spacial score (nSPS) is 14.3. The first-order chi connectivity index (χ1) is 8.19. The Morgan fingerprint density at radius 3 is 2.17 bits per heavy atom. The van der Waals surface area contributed by atoms with Crippen LogP contribution in [0.5, 0.6) is 0 Å². The molecule has 1 aromatic rings. The van der Waals surface area contributed by atoms with Crippen molar-refractivity contribution >= 4 is 15.5 Å². The third kappa shape index (κ3) is 3.46. The summed E-state index contributed by atoms with van der Waals surface area (Å²) in [6.07, 6.45) is 0. The maximum absolute atomic E-state index is 11.7. The number of hydrogen-bond donors (Lipinski definition) is 2. The Hall–Kier alpha value is -1.07. The summed E-state index contributed by atoms with van der Waals surface area (Å²) in [6.45, 7) is 7.59. The maximum Gasteiger partial charge on any atom is 0.178 e. The number of sulfone groups is 1. The fourth-order valence-electron chi connectivity index (χ4n) is 1.40. The van der Waals surface area contributed by atoms with Crippen molar-refractivity contribution in [3.8, 4) is 0 Å². The molecular formula is C13H22N2O2S. The first-order valence-electron chi connectivity index (χ1n) is 6.05. The third-order valence-corrected chi connectivity index (χ3v) is 4.95. The van der Waals surface area contributed by atoms with Crippen molar-refractivity contribution in [3.63, 3.8) is 0 Å². The van der Waals surface area contributed by atoms with Gasteiger partial charge in [0, 0.05) is 17.3 Å². The van der Waals surface area contributed by atoms with Crippen molar-refractivity contribution in [2.75, 3.05) is 11.1 Å². The third-order valence-electron chi connectivity index (χ3n) is 3.20. The second-order valence-corrected chi connectivity index (χ2v) is 7.34. The monoisotopic (exact) mass is 270 g/mol. The van der Waals surface area contributed by atoms with Gasteiger partial charge in [0.2, 0.25) is 0 Å². The summed E-state index contributed by atoms with van der Waals surface area (Å²) in [7, 11) is -3.13. The molecule has 18 heavy (non-hydrogen) atoms. The van der Waals surface area contributed by atoms with E-state index in [1.165, 1.54) is 0 Å². The molecule has 4 nitrogen and oxygen atoms in total. The Labute approximate surface area is 110 Å². The molecule has 3 N–H and O–H groups in total. The minimum atomic E-state index is -3.13. The molecule has 0 heterocycles. The van der Waals surface area contributed by atoms with Gasteiger partial charge in [-0.1, -0.05) is 6.92 Å². The van der Waals surface area contributed by atoms with E-state index in [0.29, 0.717) is 4.90 Å². The lowest BCUT2D eigenvalue weighted by Crippen LogP contribution is -2.47. The van der Waals surface area contributed by atoms with E-state index in [2.05, 4.69) is 5.32 Å². The highest BCUT2D eigenvalue weighted by molar-refractivity contribution is 7.91. The average molecular weight is 270 g/mol. The number of hydrogen-bond acceptors (Lipinski definition) is 4. The number of nitrogens with one attached hydrogen (secondary N) is 1. The van der Waals surface area contributed by atoms with E-state index in [4.69, 9.17) is 5.73 Å². The highest BCUT2D eigenvalue weighted by Crippen LogP contribution is 2.20. The fourth-order valence-corrected chi connectivity index (χ4v) is 2.28. The topological polar surface area (TPSA) is 72.2 Å². The molecule has 0 spiro atoms. The van der Waals surface area contributed by atoms with E-state index in [1.54, 1.807) is 31.2 Å². The van der Waals surface area contributed by atoms with Gasteiger partial charge in [-0.2, -0.15) is 0 Å². The quantitative estimate of drug-likeness (QED) is 0.858. The Morgan fingerprint density at radius 1 is 1.28 bits per heavy atom. The van der Waals surface area contributed by atoms with Crippen molar-refractivity contribution in [2.45, 2.75) is 44.2 Å². The fraction of sp³-hybridized carbons (Fsp3) is 0.538. The van der Waals surface area contributed by atoms with Crippen LogP contribution < -0.4 is 11.1 Å². The van der Waals surface area contributed by atoms with E-state index >= 15 is 0 Å². The van der Waals surface area contributed by atoms with Gasteiger partial charge in [-0.25, -0.2) is 8.42 Å². The predicted molar refractivity (Wildman–Crippen MR) is 75.5 cm³/mol. The van der Waals surface area contributed by atoms with Crippen LogP contribution in [0.4, 0.5) is 5.69 Å². The molecule has 0 aliphatic carbocycles. The molecular weight excluding hydrogens is 248 g/mol. The first-order valence-corrected chi connectivity index (χ1v) is 7.71. The molecule has 0 saturated carbocycles. The van der Waals surface area contributed by atoms with E-state index in [9.17, 15) is 8.42 Å². The molecule has 0 radical (unpaired) electrons. The number of nitrogens with two attached hydrogens (primary N) is 1. The average Bonchev–Trinajstić information content (AvgIpc) is 2.29. The summed E-state index contributed by atoms with van der Waals surface area (Å²) in [4.78, 5) is 0.356.